The second kappa shape index (κ2) is 4.55. The number of amides is 1. The van der Waals surface area contributed by atoms with Crippen LogP contribution in [0.5, 0.6) is 0 Å². The number of nitrogens with zero attached hydrogens (tertiary/aromatic N) is 2. The summed E-state index contributed by atoms with van der Waals surface area (Å²) in [5.74, 6) is 0.0526. The second-order valence-electron chi connectivity index (χ2n) is 5.67. The first-order chi connectivity index (χ1) is 10.1. The predicted octanol–water partition coefficient (Wildman–Crippen LogP) is 3.54. The molecule has 1 aliphatic rings. The summed E-state index contributed by atoms with van der Waals surface area (Å²) < 4.78 is 0. The Bertz CT molecular complexity index is 683. The van der Waals surface area contributed by atoms with Crippen molar-refractivity contribution in [3.63, 3.8) is 0 Å². The van der Waals surface area contributed by atoms with Gasteiger partial charge in [-0.15, -0.1) is 6.58 Å². The minimum atomic E-state index is -0.656. The molecule has 0 aliphatic carbocycles. The van der Waals surface area contributed by atoms with E-state index in [4.69, 9.17) is 0 Å². The fourth-order valence-corrected chi connectivity index (χ4v) is 3.09. The van der Waals surface area contributed by atoms with Crippen molar-refractivity contribution < 1.29 is 4.79 Å². The maximum absolute atomic E-state index is 12.7. The van der Waals surface area contributed by atoms with Crippen molar-refractivity contribution in [1.82, 2.24) is 4.98 Å². The Kier molecular flexibility index (Phi) is 2.94. The number of benzene rings is 1. The highest BCUT2D eigenvalue weighted by atomic mass is 16.2. The number of carbonyl (C=O) groups excluding carboxylic acids is 1. The highest BCUT2D eigenvalue weighted by molar-refractivity contribution is 6.08. The molecule has 3 nitrogen and oxygen atoms in total. The molecule has 1 saturated heterocycles. The van der Waals surface area contributed by atoms with Crippen LogP contribution in [0, 0.1) is 5.41 Å². The van der Waals surface area contributed by atoms with Crippen molar-refractivity contribution in [2.75, 3.05) is 4.90 Å². The van der Waals surface area contributed by atoms with Crippen molar-refractivity contribution in [1.29, 1.82) is 0 Å². The van der Waals surface area contributed by atoms with Crippen LogP contribution in [0.15, 0.2) is 67.4 Å². The zero-order valence-corrected chi connectivity index (χ0v) is 12.3. The maximum Gasteiger partial charge on any atom is 0.240 e. The molecule has 2 atom stereocenters. The number of anilines is 1. The second-order valence-corrected chi connectivity index (χ2v) is 5.67. The topological polar surface area (TPSA) is 33.2 Å². The van der Waals surface area contributed by atoms with Gasteiger partial charge in [-0.05, 0) is 38.1 Å². The van der Waals surface area contributed by atoms with Gasteiger partial charge in [0.1, 0.15) is 5.54 Å². The molecule has 0 N–H and O–H groups in total. The fourth-order valence-electron chi connectivity index (χ4n) is 3.09. The van der Waals surface area contributed by atoms with Gasteiger partial charge in [0.05, 0.1) is 11.1 Å². The quantitative estimate of drug-likeness (QED) is 0.635. The molecule has 3 rings (SSSR count). The Labute approximate surface area is 124 Å². The Balaban J connectivity index is 2.17. The fraction of sp³-hybridized carbons (Fsp3) is 0.222. The summed E-state index contributed by atoms with van der Waals surface area (Å²) in [5, 5.41) is 0. The van der Waals surface area contributed by atoms with Crippen molar-refractivity contribution >= 4 is 11.6 Å². The molecule has 1 aromatic carbocycles. The van der Waals surface area contributed by atoms with E-state index < -0.39 is 11.0 Å². The molecule has 0 radical (unpaired) electrons. The van der Waals surface area contributed by atoms with Gasteiger partial charge in [-0.3, -0.25) is 14.7 Å². The molecular formula is C18H18N2O. The van der Waals surface area contributed by atoms with Crippen LogP contribution >= 0.6 is 0 Å². The van der Waals surface area contributed by atoms with Gasteiger partial charge >= 0.3 is 0 Å². The van der Waals surface area contributed by atoms with Crippen LogP contribution in [0.3, 0.4) is 0 Å². The van der Waals surface area contributed by atoms with Gasteiger partial charge in [0.2, 0.25) is 5.91 Å². The highest BCUT2D eigenvalue weighted by Crippen LogP contribution is 2.56. The lowest BCUT2D eigenvalue weighted by Crippen LogP contribution is -2.73. The van der Waals surface area contributed by atoms with E-state index >= 15 is 0 Å². The number of rotatable bonds is 3. The summed E-state index contributed by atoms with van der Waals surface area (Å²) in [4.78, 5) is 19.0. The minimum absolute atomic E-state index is 0.0526. The molecule has 2 heterocycles. The van der Waals surface area contributed by atoms with Gasteiger partial charge < -0.3 is 0 Å². The Morgan fingerprint density at radius 3 is 2.33 bits per heavy atom. The standard InChI is InChI=1S/C18H18N2O/c1-4-17(2)16(21)20(14-10-6-5-7-11-14)18(17,3)15-12-8-9-13-19-15/h4-13H,1H2,2-3H3/t17-,18-/m0/s1. The van der Waals surface area contributed by atoms with Crippen molar-refractivity contribution in [2.24, 2.45) is 5.41 Å². The van der Waals surface area contributed by atoms with Crippen molar-refractivity contribution in [3.05, 3.63) is 73.1 Å². The normalized spacial score (nSPS) is 28.1. The molecule has 0 saturated carbocycles. The average molecular weight is 278 g/mol. The van der Waals surface area contributed by atoms with Gasteiger partial charge in [0, 0.05) is 11.9 Å². The molecular weight excluding hydrogens is 260 g/mol. The summed E-state index contributed by atoms with van der Waals surface area (Å²) in [6.07, 6.45) is 3.50. The molecule has 106 valence electrons. The van der Waals surface area contributed by atoms with Crippen LogP contribution in [0.1, 0.15) is 19.5 Å². The summed E-state index contributed by atoms with van der Waals surface area (Å²) >= 11 is 0. The van der Waals surface area contributed by atoms with Crippen LogP contribution in [0.25, 0.3) is 0 Å². The first-order valence-electron chi connectivity index (χ1n) is 7.00. The Morgan fingerprint density at radius 1 is 1.10 bits per heavy atom. The zero-order chi connectivity index (χ0) is 15.1. The SMILES string of the molecule is C=C[C@@]1(C)C(=O)N(c2ccccc2)[C@@]1(C)c1ccccn1. The van der Waals surface area contributed by atoms with E-state index in [2.05, 4.69) is 11.6 Å². The van der Waals surface area contributed by atoms with E-state index in [-0.39, 0.29) is 5.91 Å². The molecule has 0 spiro atoms. The number of carbonyl (C=O) groups is 1. The van der Waals surface area contributed by atoms with E-state index in [9.17, 15) is 4.79 Å². The lowest BCUT2D eigenvalue weighted by molar-refractivity contribution is -0.141. The van der Waals surface area contributed by atoms with Crippen LogP contribution in [-0.4, -0.2) is 10.9 Å². The first kappa shape index (κ1) is 13.6. The third kappa shape index (κ3) is 1.60. The van der Waals surface area contributed by atoms with E-state index in [1.54, 1.807) is 12.3 Å². The lowest BCUT2D eigenvalue weighted by Gasteiger charge is -2.60. The molecule has 1 fully saturated rings. The van der Waals surface area contributed by atoms with E-state index in [0.29, 0.717) is 0 Å². The van der Waals surface area contributed by atoms with Gasteiger partial charge in [-0.2, -0.15) is 0 Å². The number of para-hydroxylation sites is 1. The van der Waals surface area contributed by atoms with Gasteiger partial charge in [-0.1, -0.05) is 30.3 Å². The minimum Gasteiger partial charge on any atom is -0.299 e. The summed E-state index contributed by atoms with van der Waals surface area (Å²) in [7, 11) is 0. The van der Waals surface area contributed by atoms with Crippen molar-refractivity contribution in [3.8, 4) is 0 Å². The van der Waals surface area contributed by atoms with E-state index in [1.807, 2.05) is 67.3 Å². The number of hydrogen-bond donors (Lipinski definition) is 0. The lowest BCUT2D eigenvalue weighted by atomic mass is 9.60. The van der Waals surface area contributed by atoms with Crippen LogP contribution in [-0.2, 0) is 10.3 Å². The molecule has 21 heavy (non-hydrogen) atoms. The molecule has 1 aromatic heterocycles. The molecule has 1 amide bonds. The monoisotopic (exact) mass is 278 g/mol. The number of β-lactam (4-membered cyclic amide) rings is 1. The summed E-state index contributed by atoms with van der Waals surface area (Å²) in [6, 6.07) is 15.5. The molecule has 1 aliphatic heterocycles. The third-order valence-corrected chi connectivity index (χ3v) is 4.69. The first-order valence-corrected chi connectivity index (χ1v) is 7.00. The number of pyridine rings is 1. The number of hydrogen-bond acceptors (Lipinski definition) is 2. The van der Waals surface area contributed by atoms with E-state index in [0.717, 1.165) is 11.4 Å². The largest absolute Gasteiger partial charge is 0.299 e. The molecule has 3 heteroatoms. The molecule has 0 unspecified atom stereocenters. The van der Waals surface area contributed by atoms with E-state index in [1.165, 1.54) is 0 Å². The van der Waals surface area contributed by atoms with Crippen LogP contribution < -0.4 is 4.90 Å². The molecule has 2 aromatic rings. The Morgan fingerprint density at radius 2 is 1.76 bits per heavy atom. The predicted molar refractivity (Wildman–Crippen MR) is 83.8 cm³/mol. The zero-order valence-electron chi connectivity index (χ0n) is 12.3. The molecule has 0 bridgehead atoms. The Hall–Kier alpha value is -2.42. The number of aromatic nitrogens is 1. The van der Waals surface area contributed by atoms with Gasteiger partial charge in [0.25, 0.3) is 0 Å². The summed E-state index contributed by atoms with van der Waals surface area (Å²) in [5.41, 5.74) is 0.567. The van der Waals surface area contributed by atoms with Gasteiger partial charge in [-0.25, -0.2) is 0 Å². The average Bonchev–Trinajstić information content (AvgIpc) is 2.55. The maximum atomic E-state index is 12.7. The van der Waals surface area contributed by atoms with Crippen LogP contribution in [0.2, 0.25) is 0 Å². The summed E-state index contributed by atoms with van der Waals surface area (Å²) in [6.45, 7) is 7.85. The van der Waals surface area contributed by atoms with Crippen LogP contribution in [0.4, 0.5) is 5.69 Å². The smallest absolute Gasteiger partial charge is 0.240 e. The highest BCUT2D eigenvalue weighted by Gasteiger charge is 2.66. The van der Waals surface area contributed by atoms with Gasteiger partial charge in [0.15, 0.2) is 0 Å². The third-order valence-electron chi connectivity index (χ3n) is 4.69. The van der Waals surface area contributed by atoms with Crippen molar-refractivity contribution in [2.45, 2.75) is 19.4 Å².